The number of nitrogens with zero attached hydrogens (tertiary/aromatic N) is 2. The molecule has 0 aliphatic rings. The van der Waals surface area contributed by atoms with Crippen LogP contribution in [-0.4, -0.2) is 50.0 Å². The van der Waals surface area contributed by atoms with E-state index in [1.807, 2.05) is 44.2 Å². The molecule has 208 valence electrons. The molecular weight excluding hydrogens is 557 g/mol. The van der Waals surface area contributed by atoms with Gasteiger partial charge in [-0.3, -0.25) is 13.9 Å². The van der Waals surface area contributed by atoms with Crippen LogP contribution in [-0.2, 0) is 32.6 Å². The van der Waals surface area contributed by atoms with Gasteiger partial charge < -0.3 is 10.2 Å². The van der Waals surface area contributed by atoms with Crippen LogP contribution in [0.25, 0.3) is 0 Å². The van der Waals surface area contributed by atoms with E-state index in [2.05, 4.69) is 5.32 Å². The number of carbonyl (C=O) groups is 2. The number of carbonyl (C=O) groups excluding carboxylic acids is 2. The van der Waals surface area contributed by atoms with Crippen molar-refractivity contribution in [2.45, 2.75) is 45.3 Å². The summed E-state index contributed by atoms with van der Waals surface area (Å²) in [4.78, 5) is 29.1. The lowest BCUT2D eigenvalue weighted by molar-refractivity contribution is -0.140. The van der Waals surface area contributed by atoms with Crippen molar-refractivity contribution < 1.29 is 18.0 Å². The smallest absolute Gasteiger partial charge is 0.244 e. The summed E-state index contributed by atoms with van der Waals surface area (Å²) < 4.78 is 26.6. The summed E-state index contributed by atoms with van der Waals surface area (Å²) in [7, 11) is -3.83. The lowest BCUT2D eigenvalue weighted by Gasteiger charge is -2.34. The molecule has 0 radical (unpaired) electrons. The summed E-state index contributed by atoms with van der Waals surface area (Å²) in [5.74, 6) is -0.921. The fraction of sp³-hybridized carbons (Fsp3) is 0.310. The number of halogens is 2. The van der Waals surface area contributed by atoms with Crippen LogP contribution in [0.3, 0.4) is 0 Å². The first-order valence-corrected chi connectivity index (χ1v) is 15.2. The van der Waals surface area contributed by atoms with Crippen LogP contribution in [0.4, 0.5) is 5.69 Å². The maximum Gasteiger partial charge on any atom is 0.244 e. The molecule has 0 aromatic heterocycles. The molecule has 3 rings (SSSR count). The molecule has 39 heavy (non-hydrogen) atoms. The fourth-order valence-corrected chi connectivity index (χ4v) is 5.42. The van der Waals surface area contributed by atoms with E-state index in [0.29, 0.717) is 27.7 Å². The second-order valence-corrected chi connectivity index (χ2v) is 12.1. The molecule has 3 aromatic carbocycles. The largest absolute Gasteiger partial charge is 0.352 e. The number of sulfonamides is 1. The summed E-state index contributed by atoms with van der Waals surface area (Å²) in [5, 5.41) is 3.66. The zero-order valence-corrected chi connectivity index (χ0v) is 24.5. The third-order valence-electron chi connectivity index (χ3n) is 6.39. The molecular formula is C29H33Cl2N3O4S. The molecule has 0 unspecified atom stereocenters. The van der Waals surface area contributed by atoms with Crippen LogP contribution in [0.1, 0.15) is 31.4 Å². The van der Waals surface area contributed by atoms with Gasteiger partial charge in [-0.1, -0.05) is 84.7 Å². The molecule has 2 atom stereocenters. The SMILES string of the molecule is CC[C@H](C)NC(=O)[C@H](Cc1ccccc1)N(Cc1c(Cl)cccc1Cl)C(=O)CN(c1ccccc1)S(C)(=O)=O. The number of benzene rings is 3. The minimum absolute atomic E-state index is 0.0881. The number of amides is 2. The van der Waals surface area contributed by atoms with Gasteiger partial charge in [-0.25, -0.2) is 8.42 Å². The van der Waals surface area contributed by atoms with Crippen LogP contribution in [0.2, 0.25) is 10.0 Å². The van der Waals surface area contributed by atoms with Crippen LogP contribution >= 0.6 is 23.2 Å². The Labute approximate surface area is 240 Å². The highest BCUT2D eigenvalue weighted by atomic mass is 35.5. The van der Waals surface area contributed by atoms with Crippen molar-refractivity contribution in [3.8, 4) is 0 Å². The van der Waals surface area contributed by atoms with Crippen LogP contribution < -0.4 is 9.62 Å². The van der Waals surface area contributed by atoms with Crippen molar-refractivity contribution in [3.05, 3.63) is 100 Å². The number of hydrogen-bond acceptors (Lipinski definition) is 4. The van der Waals surface area contributed by atoms with Gasteiger partial charge in [0.25, 0.3) is 0 Å². The fourth-order valence-electron chi connectivity index (χ4n) is 4.06. The molecule has 1 N–H and O–H groups in total. The highest BCUT2D eigenvalue weighted by molar-refractivity contribution is 7.92. The van der Waals surface area contributed by atoms with Gasteiger partial charge >= 0.3 is 0 Å². The summed E-state index contributed by atoms with van der Waals surface area (Å²) in [6, 6.07) is 21.6. The Bertz CT molecular complexity index is 1350. The average molecular weight is 591 g/mol. The first-order valence-electron chi connectivity index (χ1n) is 12.6. The molecule has 2 amide bonds. The molecule has 0 aliphatic heterocycles. The van der Waals surface area contributed by atoms with Gasteiger partial charge in [-0.2, -0.15) is 0 Å². The molecule has 0 spiro atoms. The summed E-state index contributed by atoms with van der Waals surface area (Å²) in [6.45, 7) is 3.24. The van der Waals surface area contributed by atoms with Crippen molar-refractivity contribution in [1.29, 1.82) is 0 Å². The van der Waals surface area contributed by atoms with E-state index in [4.69, 9.17) is 23.2 Å². The normalized spacial score (nSPS) is 12.8. The number of nitrogens with one attached hydrogen (secondary N) is 1. The quantitative estimate of drug-likeness (QED) is 0.310. The highest BCUT2D eigenvalue weighted by Gasteiger charge is 2.34. The Kier molecular flexibility index (Phi) is 10.8. The predicted octanol–water partition coefficient (Wildman–Crippen LogP) is 5.31. The first kappa shape index (κ1) is 30.5. The second kappa shape index (κ2) is 13.8. The third kappa shape index (κ3) is 8.46. The minimum atomic E-state index is -3.83. The number of anilines is 1. The van der Waals surface area contributed by atoms with E-state index in [1.54, 1.807) is 48.5 Å². The molecule has 3 aromatic rings. The topological polar surface area (TPSA) is 86.8 Å². The van der Waals surface area contributed by atoms with Crippen molar-refractivity contribution in [3.63, 3.8) is 0 Å². The molecule has 0 saturated heterocycles. The Morgan fingerprint density at radius 2 is 1.46 bits per heavy atom. The van der Waals surface area contributed by atoms with E-state index in [-0.39, 0.29) is 24.9 Å². The monoisotopic (exact) mass is 589 g/mol. The Balaban J connectivity index is 2.09. The summed E-state index contributed by atoms with van der Waals surface area (Å²) in [5.41, 5.74) is 1.65. The van der Waals surface area contributed by atoms with E-state index in [0.717, 1.165) is 16.1 Å². The lowest BCUT2D eigenvalue weighted by atomic mass is 10.0. The summed E-state index contributed by atoms with van der Waals surface area (Å²) >= 11 is 12.9. The summed E-state index contributed by atoms with van der Waals surface area (Å²) in [6.07, 6.45) is 1.95. The van der Waals surface area contributed by atoms with Gasteiger partial charge in [0.15, 0.2) is 0 Å². The van der Waals surface area contributed by atoms with Gasteiger partial charge in [0.05, 0.1) is 11.9 Å². The molecule has 0 bridgehead atoms. The lowest BCUT2D eigenvalue weighted by Crippen LogP contribution is -2.54. The molecule has 0 saturated carbocycles. The van der Waals surface area contributed by atoms with Crippen molar-refractivity contribution in [2.24, 2.45) is 0 Å². The molecule has 10 heteroatoms. The van der Waals surface area contributed by atoms with E-state index in [1.165, 1.54) is 4.90 Å². The highest BCUT2D eigenvalue weighted by Crippen LogP contribution is 2.28. The molecule has 0 fully saturated rings. The minimum Gasteiger partial charge on any atom is -0.352 e. The Morgan fingerprint density at radius 1 is 0.897 bits per heavy atom. The first-order chi connectivity index (χ1) is 18.5. The zero-order chi connectivity index (χ0) is 28.6. The van der Waals surface area contributed by atoms with Gasteiger partial charge in [0, 0.05) is 34.6 Å². The Hall–Kier alpha value is -3.07. The van der Waals surface area contributed by atoms with Crippen LogP contribution in [0.5, 0.6) is 0 Å². The molecule has 0 aliphatic carbocycles. The van der Waals surface area contributed by atoms with Crippen molar-refractivity contribution in [2.75, 3.05) is 17.1 Å². The van der Waals surface area contributed by atoms with Gasteiger partial charge in [0.1, 0.15) is 12.6 Å². The van der Waals surface area contributed by atoms with E-state index >= 15 is 0 Å². The molecule has 0 heterocycles. The predicted molar refractivity (Wildman–Crippen MR) is 157 cm³/mol. The van der Waals surface area contributed by atoms with Gasteiger partial charge in [-0.05, 0) is 43.2 Å². The van der Waals surface area contributed by atoms with Crippen molar-refractivity contribution in [1.82, 2.24) is 10.2 Å². The number of para-hydroxylation sites is 1. The number of rotatable bonds is 12. The van der Waals surface area contributed by atoms with Gasteiger partial charge in [-0.15, -0.1) is 0 Å². The maximum absolute atomic E-state index is 14.0. The number of hydrogen-bond donors (Lipinski definition) is 1. The Morgan fingerprint density at radius 3 is 2.00 bits per heavy atom. The maximum atomic E-state index is 14.0. The average Bonchev–Trinajstić information content (AvgIpc) is 2.90. The second-order valence-electron chi connectivity index (χ2n) is 9.35. The van der Waals surface area contributed by atoms with Crippen LogP contribution in [0, 0.1) is 0 Å². The molecule has 7 nitrogen and oxygen atoms in total. The van der Waals surface area contributed by atoms with E-state index in [9.17, 15) is 18.0 Å². The van der Waals surface area contributed by atoms with Gasteiger partial charge in [0.2, 0.25) is 21.8 Å². The standard InChI is InChI=1S/C29H33Cl2N3O4S/c1-4-21(2)32-29(36)27(18-22-12-7-5-8-13-22)33(19-24-25(30)16-11-17-26(24)31)28(35)20-34(39(3,37)38)23-14-9-6-10-15-23/h5-17,21,27H,4,18-20H2,1-3H3,(H,32,36)/t21-,27-/m0/s1. The van der Waals surface area contributed by atoms with Crippen molar-refractivity contribution >= 4 is 50.7 Å². The van der Waals surface area contributed by atoms with Crippen LogP contribution in [0.15, 0.2) is 78.9 Å². The zero-order valence-electron chi connectivity index (χ0n) is 22.2. The third-order valence-corrected chi connectivity index (χ3v) is 8.23. The van der Waals surface area contributed by atoms with E-state index < -0.39 is 28.5 Å².